The highest BCUT2D eigenvalue weighted by Crippen LogP contribution is 2.24. The number of halogens is 4. The van der Waals surface area contributed by atoms with E-state index in [2.05, 4.69) is 21.2 Å². The predicted molar refractivity (Wildman–Crippen MR) is 73.5 cm³/mol. The van der Waals surface area contributed by atoms with Crippen LogP contribution in [-0.4, -0.2) is 5.91 Å². The molecule has 2 aromatic rings. The number of anilines is 1. The molecule has 0 fully saturated rings. The quantitative estimate of drug-likeness (QED) is 0.789. The summed E-state index contributed by atoms with van der Waals surface area (Å²) in [6.45, 7) is 0. The Bertz CT molecular complexity index is 649. The van der Waals surface area contributed by atoms with Crippen molar-refractivity contribution in [3.8, 4) is 0 Å². The number of amides is 1. The van der Waals surface area contributed by atoms with Crippen LogP contribution in [0.1, 0.15) is 10.4 Å². The number of nitrogens with one attached hydrogen (secondary N) is 1. The van der Waals surface area contributed by atoms with E-state index in [1.807, 2.05) is 0 Å². The molecule has 0 heterocycles. The third kappa shape index (κ3) is 3.30. The smallest absolute Gasteiger partial charge is 0.255 e. The maximum atomic E-state index is 13.5. The minimum Gasteiger partial charge on any atom is -0.319 e. The van der Waals surface area contributed by atoms with Crippen molar-refractivity contribution in [1.29, 1.82) is 0 Å². The lowest BCUT2D eigenvalue weighted by Crippen LogP contribution is -2.13. The van der Waals surface area contributed by atoms with E-state index >= 15 is 0 Å². The van der Waals surface area contributed by atoms with Gasteiger partial charge in [-0.05, 0) is 40.2 Å². The molecule has 0 radical (unpaired) electrons. The SMILES string of the molecule is O=C(Nc1cc(F)c(Br)cc1F)c1cccc(Cl)c1. The van der Waals surface area contributed by atoms with Gasteiger partial charge in [-0.2, -0.15) is 0 Å². The second-order valence-electron chi connectivity index (χ2n) is 3.71. The van der Waals surface area contributed by atoms with Crippen molar-refractivity contribution >= 4 is 39.1 Å². The summed E-state index contributed by atoms with van der Waals surface area (Å²) in [4.78, 5) is 11.8. The molecule has 0 aromatic heterocycles. The first-order valence-corrected chi connectivity index (χ1v) is 6.36. The van der Waals surface area contributed by atoms with E-state index < -0.39 is 17.5 Å². The Morgan fingerprint density at radius 2 is 1.89 bits per heavy atom. The van der Waals surface area contributed by atoms with Gasteiger partial charge in [0.2, 0.25) is 0 Å². The average molecular weight is 347 g/mol. The number of carbonyl (C=O) groups is 1. The van der Waals surface area contributed by atoms with Crippen molar-refractivity contribution in [1.82, 2.24) is 0 Å². The summed E-state index contributed by atoms with van der Waals surface area (Å²) < 4.78 is 26.8. The van der Waals surface area contributed by atoms with Crippen LogP contribution >= 0.6 is 27.5 Å². The Hall–Kier alpha value is -1.46. The van der Waals surface area contributed by atoms with Gasteiger partial charge in [-0.1, -0.05) is 17.7 Å². The molecule has 6 heteroatoms. The number of carbonyl (C=O) groups excluding carboxylic acids is 1. The van der Waals surface area contributed by atoms with Crippen molar-refractivity contribution < 1.29 is 13.6 Å². The maximum Gasteiger partial charge on any atom is 0.255 e. The van der Waals surface area contributed by atoms with Crippen LogP contribution in [0.2, 0.25) is 5.02 Å². The van der Waals surface area contributed by atoms with Crippen LogP contribution < -0.4 is 5.32 Å². The van der Waals surface area contributed by atoms with Gasteiger partial charge in [0.05, 0.1) is 10.2 Å². The Balaban J connectivity index is 2.27. The first-order chi connectivity index (χ1) is 8.97. The van der Waals surface area contributed by atoms with Crippen LogP contribution in [-0.2, 0) is 0 Å². The van der Waals surface area contributed by atoms with E-state index in [4.69, 9.17) is 11.6 Å². The molecule has 19 heavy (non-hydrogen) atoms. The van der Waals surface area contributed by atoms with Crippen molar-refractivity contribution in [2.45, 2.75) is 0 Å². The molecule has 2 rings (SSSR count). The number of rotatable bonds is 2. The Kier molecular flexibility index (Phi) is 4.17. The van der Waals surface area contributed by atoms with E-state index in [9.17, 15) is 13.6 Å². The zero-order valence-electron chi connectivity index (χ0n) is 9.38. The molecule has 2 aromatic carbocycles. The fourth-order valence-corrected chi connectivity index (χ4v) is 1.95. The van der Waals surface area contributed by atoms with Gasteiger partial charge < -0.3 is 5.32 Å². The first kappa shape index (κ1) is 14.0. The van der Waals surface area contributed by atoms with E-state index in [0.717, 1.165) is 12.1 Å². The molecule has 1 N–H and O–H groups in total. The summed E-state index contributed by atoms with van der Waals surface area (Å²) in [5.41, 5.74) is 0.0286. The predicted octanol–water partition coefficient (Wildman–Crippen LogP) is 4.63. The highest BCUT2D eigenvalue weighted by Gasteiger charge is 2.12. The van der Waals surface area contributed by atoms with Gasteiger partial charge in [0, 0.05) is 16.7 Å². The minimum atomic E-state index is -0.733. The normalized spacial score (nSPS) is 10.3. The van der Waals surface area contributed by atoms with E-state index in [0.29, 0.717) is 5.02 Å². The second-order valence-corrected chi connectivity index (χ2v) is 5.00. The van der Waals surface area contributed by atoms with E-state index in [-0.39, 0.29) is 15.7 Å². The van der Waals surface area contributed by atoms with Crippen LogP contribution in [0.4, 0.5) is 14.5 Å². The highest BCUT2D eigenvalue weighted by molar-refractivity contribution is 9.10. The lowest BCUT2D eigenvalue weighted by molar-refractivity contribution is 0.102. The fraction of sp³-hybridized carbons (Fsp3) is 0. The molecule has 0 saturated carbocycles. The first-order valence-electron chi connectivity index (χ1n) is 5.19. The Labute approximate surface area is 121 Å². The molecule has 1 amide bonds. The molecule has 0 aliphatic rings. The zero-order chi connectivity index (χ0) is 14.0. The van der Waals surface area contributed by atoms with Gasteiger partial charge in [-0.3, -0.25) is 4.79 Å². The molecule has 0 spiro atoms. The molecule has 0 bridgehead atoms. The van der Waals surface area contributed by atoms with E-state index in [1.54, 1.807) is 12.1 Å². The second kappa shape index (κ2) is 5.67. The Morgan fingerprint density at radius 1 is 1.16 bits per heavy atom. The molecule has 2 nitrogen and oxygen atoms in total. The van der Waals surface area contributed by atoms with Crippen LogP contribution in [0.25, 0.3) is 0 Å². The summed E-state index contributed by atoms with van der Waals surface area (Å²) >= 11 is 8.60. The van der Waals surface area contributed by atoms with Gasteiger partial charge in [0.1, 0.15) is 11.6 Å². The van der Waals surface area contributed by atoms with Crippen molar-refractivity contribution in [2.75, 3.05) is 5.32 Å². The topological polar surface area (TPSA) is 29.1 Å². The molecule has 0 aliphatic heterocycles. The van der Waals surface area contributed by atoms with Crippen molar-refractivity contribution in [3.05, 3.63) is 63.1 Å². The van der Waals surface area contributed by atoms with Gasteiger partial charge in [0.25, 0.3) is 5.91 Å². The van der Waals surface area contributed by atoms with Crippen LogP contribution in [0.5, 0.6) is 0 Å². The minimum absolute atomic E-state index is 0.00856. The summed E-state index contributed by atoms with van der Waals surface area (Å²) in [5.74, 6) is -1.96. The summed E-state index contributed by atoms with van der Waals surface area (Å²) in [6, 6.07) is 8.01. The average Bonchev–Trinajstić information content (AvgIpc) is 2.36. The highest BCUT2D eigenvalue weighted by atomic mass is 79.9. The third-order valence-corrected chi connectivity index (χ3v) is 3.19. The standard InChI is InChI=1S/C13H7BrClF2NO/c14-9-5-11(17)12(6-10(9)16)18-13(19)7-2-1-3-8(15)4-7/h1-6H,(H,18,19). The molecule has 98 valence electrons. The number of hydrogen-bond acceptors (Lipinski definition) is 1. The summed E-state index contributed by atoms with van der Waals surface area (Å²) in [5, 5.41) is 2.67. The monoisotopic (exact) mass is 345 g/mol. The van der Waals surface area contributed by atoms with Crippen LogP contribution in [0.15, 0.2) is 40.9 Å². The van der Waals surface area contributed by atoms with Gasteiger partial charge in [-0.15, -0.1) is 0 Å². The van der Waals surface area contributed by atoms with E-state index in [1.165, 1.54) is 12.1 Å². The molecule has 0 saturated heterocycles. The third-order valence-electron chi connectivity index (χ3n) is 2.34. The molecule has 0 aliphatic carbocycles. The van der Waals surface area contributed by atoms with Crippen molar-refractivity contribution in [2.24, 2.45) is 0 Å². The molecular weight excluding hydrogens is 340 g/mol. The summed E-state index contributed by atoms with van der Waals surface area (Å²) in [6.07, 6.45) is 0. The fourth-order valence-electron chi connectivity index (χ4n) is 1.44. The molecule has 0 atom stereocenters. The number of benzene rings is 2. The molecular formula is C13H7BrClF2NO. The van der Waals surface area contributed by atoms with Gasteiger partial charge in [-0.25, -0.2) is 8.78 Å². The van der Waals surface area contributed by atoms with Crippen LogP contribution in [0.3, 0.4) is 0 Å². The lowest BCUT2D eigenvalue weighted by Gasteiger charge is -2.07. The largest absolute Gasteiger partial charge is 0.319 e. The van der Waals surface area contributed by atoms with Crippen LogP contribution in [0, 0.1) is 11.6 Å². The molecule has 0 unspecified atom stereocenters. The lowest BCUT2D eigenvalue weighted by atomic mass is 10.2. The van der Waals surface area contributed by atoms with Gasteiger partial charge >= 0.3 is 0 Å². The summed E-state index contributed by atoms with van der Waals surface area (Å²) in [7, 11) is 0. The number of hydrogen-bond donors (Lipinski definition) is 1. The van der Waals surface area contributed by atoms with Crippen molar-refractivity contribution in [3.63, 3.8) is 0 Å². The Morgan fingerprint density at radius 3 is 2.58 bits per heavy atom. The van der Waals surface area contributed by atoms with Gasteiger partial charge in [0.15, 0.2) is 0 Å². The zero-order valence-corrected chi connectivity index (χ0v) is 11.7. The maximum absolute atomic E-state index is 13.5.